The maximum atomic E-state index is 12.3. The normalized spacial score (nSPS) is 11.2. The number of hydrogen-bond acceptors (Lipinski definition) is 4. The van der Waals surface area contributed by atoms with Gasteiger partial charge in [-0.3, -0.25) is 0 Å². The number of para-hydroxylation sites is 2. The topological polar surface area (TPSA) is 63.2 Å². The zero-order valence-electron chi connectivity index (χ0n) is 12.8. The van der Waals surface area contributed by atoms with Crippen molar-refractivity contribution < 1.29 is 22.7 Å². The summed E-state index contributed by atoms with van der Waals surface area (Å²) in [5.41, 5.74) is 0.635. The molecule has 0 bridgehead atoms. The summed E-state index contributed by atoms with van der Waals surface area (Å²) in [5.74, 6) is -0.473. The van der Waals surface area contributed by atoms with Crippen molar-refractivity contribution in [3.05, 3.63) is 40.3 Å². The second kappa shape index (κ2) is 8.00. The first-order chi connectivity index (χ1) is 11.4. The number of thiazole rings is 1. The van der Waals surface area contributed by atoms with Gasteiger partial charge < -0.3 is 15.4 Å². The second-order valence-corrected chi connectivity index (χ2v) is 5.78. The highest BCUT2D eigenvalue weighted by molar-refractivity contribution is 7.09. The first-order valence-electron chi connectivity index (χ1n) is 7.20. The Morgan fingerprint density at radius 3 is 2.79 bits per heavy atom. The Balaban J connectivity index is 1.92. The first kappa shape index (κ1) is 18.1. The molecule has 2 N–H and O–H groups in total. The molecule has 1 aromatic heterocycles. The summed E-state index contributed by atoms with van der Waals surface area (Å²) in [5, 5.41) is 7.71. The molecule has 5 nitrogen and oxygen atoms in total. The van der Waals surface area contributed by atoms with Gasteiger partial charge >= 0.3 is 12.4 Å². The lowest BCUT2D eigenvalue weighted by atomic mass is 10.3. The summed E-state index contributed by atoms with van der Waals surface area (Å²) in [6, 6.07) is 4.69. The summed E-state index contributed by atoms with van der Waals surface area (Å²) in [6.07, 6.45) is -2.97. The number of amides is 2. The minimum absolute atomic E-state index is 0.0720. The van der Waals surface area contributed by atoms with E-state index in [0.717, 1.165) is 23.9 Å². The molecule has 0 fully saturated rings. The van der Waals surface area contributed by atoms with Crippen LogP contribution in [-0.2, 0) is 13.0 Å². The Morgan fingerprint density at radius 2 is 2.08 bits per heavy atom. The van der Waals surface area contributed by atoms with Gasteiger partial charge in [-0.15, -0.1) is 24.5 Å². The van der Waals surface area contributed by atoms with Crippen LogP contribution in [0.4, 0.5) is 23.7 Å². The first-order valence-corrected chi connectivity index (χ1v) is 8.08. The molecule has 0 atom stereocenters. The maximum absolute atomic E-state index is 12.3. The number of ether oxygens (including phenoxy) is 1. The van der Waals surface area contributed by atoms with E-state index in [9.17, 15) is 18.0 Å². The number of benzene rings is 1. The van der Waals surface area contributed by atoms with Gasteiger partial charge in [0.25, 0.3) is 0 Å². The highest BCUT2D eigenvalue weighted by Gasteiger charge is 2.32. The molecule has 24 heavy (non-hydrogen) atoms. The van der Waals surface area contributed by atoms with Gasteiger partial charge in [0.1, 0.15) is 0 Å². The van der Waals surface area contributed by atoms with Crippen molar-refractivity contribution in [3.8, 4) is 5.75 Å². The molecule has 2 rings (SSSR count). The van der Waals surface area contributed by atoms with Crippen molar-refractivity contribution in [2.24, 2.45) is 0 Å². The predicted octanol–water partition coefficient (Wildman–Crippen LogP) is 4.32. The van der Waals surface area contributed by atoms with Crippen LogP contribution in [-0.4, -0.2) is 17.4 Å². The minimum atomic E-state index is -4.83. The van der Waals surface area contributed by atoms with E-state index in [2.05, 4.69) is 20.4 Å². The van der Waals surface area contributed by atoms with Crippen LogP contribution >= 0.6 is 11.3 Å². The van der Waals surface area contributed by atoms with E-state index < -0.39 is 18.1 Å². The summed E-state index contributed by atoms with van der Waals surface area (Å²) in [6.45, 7) is 2.24. The largest absolute Gasteiger partial charge is 0.573 e. The number of alkyl halides is 3. The van der Waals surface area contributed by atoms with Crippen LogP contribution < -0.4 is 15.4 Å². The van der Waals surface area contributed by atoms with Crippen LogP contribution in [0.15, 0.2) is 29.6 Å². The number of rotatable bonds is 6. The van der Waals surface area contributed by atoms with Crippen molar-refractivity contribution in [3.63, 3.8) is 0 Å². The van der Waals surface area contributed by atoms with E-state index in [1.54, 1.807) is 0 Å². The molecule has 0 radical (unpaired) electrons. The van der Waals surface area contributed by atoms with Gasteiger partial charge in [0.05, 0.1) is 22.9 Å². The Bertz CT molecular complexity index is 689. The van der Waals surface area contributed by atoms with E-state index in [4.69, 9.17) is 0 Å². The molecule has 0 aliphatic rings. The van der Waals surface area contributed by atoms with E-state index in [-0.39, 0.29) is 12.2 Å². The molecular weight excluding hydrogens is 343 g/mol. The average molecular weight is 359 g/mol. The number of anilines is 1. The van der Waals surface area contributed by atoms with Crippen molar-refractivity contribution >= 4 is 23.1 Å². The van der Waals surface area contributed by atoms with Crippen molar-refractivity contribution in [1.82, 2.24) is 10.3 Å². The highest BCUT2D eigenvalue weighted by Crippen LogP contribution is 2.29. The van der Waals surface area contributed by atoms with Crippen LogP contribution in [0.5, 0.6) is 5.75 Å². The Labute approximate surface area is 140 Å². The monoisotopic (exact) mass is 359 g/mol. The van der Waals surface area contributed by atoms with Crippen molar-refractivity contribution in [2.75, 3.05) is 5.32 Å². The SMILES string of the molecule is CCCc1nc(CNC(=O)Nc2ccccc2OC(F)(F)F)cs1. The smallest absolute Gasteiger partial charge is 0.404 e. The van der Waals surface area contributed by atoms with E-state index in [1.807, 2.05) is 12.3 Å². The number of aryl methyl sites for hydroxylation is 1. The molecule has 0 aliphatic heterocycles. The zero-order valence-corrected chi connectivity index (χ0v) is 13.6. The number of carbonyl (C=O) groups is 1. The van der Waals surface area contributed by atoms with E-state index in [1.165, 1.54) is 29.5 Å². The number of urea groups is 1. The maximum Gasteiger partial charge on any atom is 0.573 e. The quantitative estimate of drug-likeness (QED) is 0.808. The molecule has 9 heteroatoms. The minimum Gasteiger partial charge on any atom is -0.404 e. The molecule has 0 spiro atoms. The Morgan fingerprint density at radius 1 is 1.33 bits per heavy atom. The molecular formula is C15H16F3N3O2S. The van der Waals surface area contributed by atoms with Gasteiger partial charge in [0.2, 0.25) is 0 Å². The molecule has 1 heterocycles. The van der Waals surface area contributed by atoms with Crippen LogP contribution in [0.25, 0.3) is 0 Å². The van der Waals surface area contributed by atoms with Gasteiger partial charge in [-0.05, 0) is 25.0 Å². The molecule has 1 aromatic carbocycles. The van der Waals surface area contributed by atoms with Gasteiger partial charge in [-0.2, -0.15) is 0 Å². The molecule has 130 valence electrons. The summed E-state index contributed by atoms with van der Waals surface area (Å²) in [7, 11) is 0. The van der Waals surface area contributed by atoms with Crippen LogP contribution in [0, 0.1) is 0 Å². The van der Waals surface area contributed by atoms with E-state index in [0.29, 0.717) is 5.69 Å². The van der Waals surface area contributed by atoms with Crippen LogP contribution in [0.3, 0.4) is 0 Å². The number of halogens is 3. The van der Waals surface area contributed by atoms with Gasteiger partial charge in [0, 0.05) is 5.38 Å². The van der Waals surface area contributed by atoms with Gasteiger partial charge in [-0.25, -0.2) is 9.78 Å². The van der Waals surface area contributed by atoms with Gasteiger partial charge in [0.15, 0.2) is 5.75 Å². The summed E-state index contributed by atoms with van der Waals surface area (Å²) in [4.78, 5) is 16.2. The Hall–Kier alpha value is -2.29. The molecule has 0 saturated carbocycles. The molecule has 0 unspecified atom stereocenters. The highest BCUT2D eigenvalue weighted by atomic mass is 32.1. The van der Waals surface area contributed by atoms with Gasteiger partial charge in [-0.1, -0.05) is 19.1 Å². The fraction of sp³-hybridized carbons (Fsp3) is 0.333. The number of nitrogens with zero attached hydrogens (tertiary/aromatic N) is 1. The second-order valence-electron chi connectivity index (χ2n) is 4.83. The molecule has 0 saturated heterocycles. The lowest BCUT2D eigenvalue weighted by Crippen LogP contribution is -2.29. The molecule has 2 aromatic rings. The van der Waals surface area contributed by atoms with E-state index >= 15 is 0 Å². The number of nitrogens with one attached hydrogen (secondary N) is 2. The average Bonchev–Trinajstić information content (AvgIpc) is 2.94. The lowest BCUT2D eigenvalue weighted by molar-refractivity contribution is -0.274. The fourth-order valence-corrected chi connectivity index (χ4v) is 2.78. The number of hydrogen-bond donors (Lipinski definition) is 2. The fourth-order valence-electron chi connectivity index (χ4n) is 1.88. The van der Waals surface area contributed by atoms with Crippen LogP contribution in [0.1, 0.15) is 24.0 Å². The number of carbonyl (C=O) groups excluding carboxylic acids is 1. The third-order valence-corrected chi connectivity index (χ3v) is 3.81. The summed E-state index contributed by atoms with van der Waals surface area (Å²) >= 11 is 1.51. The number of aromatic nitrogens is 1. The third kappa shape index (κ3) is 5.73. The van der Waals surface area contributed by atoms with Crippen LogP contribution in [0.2, 0.25) is 0 Å². The van der Waals surface area contributed by atoms with Crippen molar-refractivity contribution in [2.45, 2.75) is 32.7 Å². The standard InChI is InChI=1S/C15H16F3N3O2S/c1-2-5-13-20-10(9-24-13)8-19-14(22)21-11-6-3-4-7-12(11)23-15(16,17)18/h3-4,6-7,9H,2,5,8H2,1H3,(H2,19,21,22). The third-order valence-electron chi connectivity index (χ3n) is 2.85. The lowest BCUT2D eigenvalue weighted by Gasteiger charge is -2.14. The predicted molar refractivity (Wildman–Crippen MR) is 85.1 cm³/mol. The Kier molecular flexibility index (Phi) is 6.02. The molecule has 0 aliphatic carbocycles. The molecule has 2 amide bonds. The summed E-state index contributed by atoms with van der Waals surface area (Å²) < 4.78 is 40.9. The zero-order chi connectivity index (χ0) is 17.6. The van der Waals surface area contributed by atoms with Crippen molar-refractivity contribution in [1.29, 1.82) is 0 Å².